The normalized spacial score (nSPS) is 26.3. The Kier molecular flexibility index (Phi) is 12.4. The van der Waals surface area contributed by atoms with Gasteiger partial charge in [0, 0.05) is 38.3 Å². The van der Waals surface area contributed by atoms with Gasteiger partial charge < -0.3 is 10.3 Å². The summed E-state index contributed by atoms with van der Waals surface area (Å²) in [5.74, 6) is 3.42. The van der Waals surface area contributed by atoms with Crippen molar-refractivity contribution < 1.29 is 0 Å². The third kappa shape index (κ3) is 9.71. The van der Waals surface area contributed by atoms with E-state index in [1.54, 1.807) is 17.7 Å². The third-order valence-electron chi connectivity index (χ3n) is 6.69. The van der Waals surface area contributed by atoms with Gasteiger partial charge in [0.25, 0.3) is 0 Å². The minimum Gasteiger partial charge on any atom is -0.355 e. The number of hydrazone groups is 1. The number of allylic oxidation sites excluding steroid dienone is 1. The minimum atomic E-state index is 0.560. The molecule has 0 radical (unpaired) electrons. The number of likely N-dealkylation sites (tertiary alicyclic amines) is 1. The molecule has 0 spiro atoms. The Hall–Kier alpha value is -1.50. The van der Waals surface area contributed by atoms with Crippen LogP contribution in [0.2, 0.25) is 0 Å². The van der Waals surface area contributed by atoms with Crippen LogP contribution in [0.4, 0.5) is 0 Å². The molecule has 1 aromatic carbocycles. The number of hydrogen-bond donors (Lipinski definition) is 2. The Morgan fingerprint density at radius 2 is 1.88 bits per heavy atom. The zero-order valence-electron chi connectivity index (χ0n) is 22.0. The summed E-state index contributed by atoms with van der Waals surface area (Å²) in [6.45, 7) is 11.0. The van der Waals surface area contributed by atoms with Gasteiger partial charge in [0.15, 0.2) is 0 Å². The van der Waals surface area contributed by atoms with E-state index in [1.165, 1.54) is 31.2 Å². The van der Waals surface area contributed by atoms with E-state index in [1.807, 2.05) is 20.0 Å². The first-order valence-electron chi connectivity index (χ1n) is 12.6. The zero-order valence-corrected chi connectivity index (χ0v) is 22.8. The number of amidine groups is 1. The third-order valence-corrected chi connectivity index (χ3v) is 7.46. The van der Waals surface area contributed by atoms with Crippen molar-refractivity contribution in [2.75, 3.05) is 34.2 Å². The number of hydrogen-bond acceptors (Lipinski definition) is 5. The van der Waals surface area contributed by atoms with Crippen LogP contribution in [0.15, 0.2) is 41.5 Å². The van der Waals surface area contributed by atoms with Crippen LogP contribution in [-0.4, -0.2) is 55.3 Å². The number of piperidine rings is 1. The van der Waals surface area contributed by atoms with Crippen LogP contribution in [-0.2, 0) is 0 Å². The van der Waals surface area contributed by atoms with Crippen LogP contribution in [0.1, 0.15) is 69.9 Å². The van der Waals surface area contributed by atoms with E-state index >= 15 is 0 Å². The summed E-state index contributed by atoms with van der Waals surface area (Å²) in [7, 11) is 5.96. The van der Waals surface area contributed by atoms with Crippen molar-refractivity contribution in [2.24, 2.45) is 16.9 Å². The monoisotopic (exact) mass is 473 g/mol. The molecule has 2 N–H and O–H groups in total. The van der Waals surface area contributed by atoms with E-state index in [4.69, 9.17) is 0 Å². The maximum absolute atomic E-state index is 4.34. The lowest BCUT2D eigenvalue weighted by molar-refractivity contribution is 0.232. The number of aryl methyl sites for hydroxylation is 1. The Balaban J connectivity index is 0.000000243. The molecule has 0 bridgehead atoms. The topological polar surface area (TPSA) is 42.9 Å². The second-order valence-electron chi connectivity index (χ2n) is 9.90. The molecule has 6 heteroatoms. The molecule has 0 aromatic heterocycles. The maximum Gasteiger partial charge on any atom is 0.148 e. The molecule has 1 heterocycles. The minimum absolute atomic E-state index is 0.560. The molecule has 2 fully saturated rings. The van der Waals surface area contributed by atoms with Gasteiger partial charge in [0.1, 0.15) is 5.84 Å². The maximum atomic E-state index is 4.34. The number of benzene rings is 1. The highest BCUT2D eigenvalue weighted by Gasteiger charge is 2.27. The van der Waals surface area contributed by atoms with E-state index in [2.05, 4.69) is 89.7 Å². The number of nitrogens with zero attached hydrogens (tertiary/aromatic N) is 3. The molecule has 186 valence electrons. The number of nitrogens with one attached hydrogen (secondary N) is 2. The largest absolute Gasteiger partial charge is 0.355 e. The van der Waals surface area contributed by atoms with Crippen LogP contribution >= 0.6 is 12.1 Å². The van der Waals surface area contributed by atoms with Crippen molar-refractivity contribution >= 4 is 18.0 Å². The van der Waals surface area contributed by atoms with Crippen LogP contribution in [0, 0.1) is 18.8 Å². The van der Waals surface area contributed by atoms with Crippen LogP contribution < -0.4 is 10.1 Å². The highest BCUT2D eigenvalue weighted by atomic mass is 32.2. The average molecular weight is 474 g/mol. The van der Waals surface area contributed by atoms with Crippen LogP contribution in [0.5, 0.6) is 0 Å². The van der Waals surface area contributed by atoms with Gasteiger partial charge in [-0.1, -0.05) is 62.6 Å². The smallest absolute Gasteiger partial charge is 0.148 e. The summed E-state index contributed by atoms with van der Waals surface area (Å²) in [5, 5.41) is 4.34. The molecule has 2 aliphatic rings. The molecule has 5 nitrogen and oxygen atoms in total. The molecule has 1 saturated heterocycles. The van der Waals surface area contributed by atoms with Crippen molar-refractivity contribution in [3.05, 3.63) is 47.5 Å². The predicted molar refractivity (Wildman–Crippen MR) is 146 cm³/mol. The van der Waals surface area contributed by atoms with Crippen molar-refractivity contribution in [2.45, 2.75) is 71.8 Å². The molecule has 0 amide bonds. The highest BCUT2D eigenvalue weighted by molar-refractivity contribution is 7.95. The van der Waals surface area contributed by atoms with Gasteiger partial charge in [0.2, 0.25) is 0 Å². The van der Waals surface area contributed by atoms with Crippen LogP contribution in [0.3, 0.4) is 0 Å². The lowest BCUT2D eigenvalue weighted by Crippen LogP contribution is -2.49. The second-order valence-corrected chi connectivity index (χ2v) is 11.1. The molecule has 3 rings (SSSR count). The molecule has 1 aliphatic heterocycles. The fourth-order valence-corrected chi connectivity index (χ4v) is 5.39. The molecular weight excluding hydrogens is 426 g/mol. The molecule has 2 unspecified atom stereocenters. The fourth-order valence-electron chi connectivity index (χ4n) is 4.70. The molecule has 1 aromatic rings. The first-order valence-corrected chi connectivity index (χ1v) is 13.4. The Bertz CT molecular complexity index is 740. The van der Waals surface area contributed by atoms with Crippen molar-refractivity contribution in [3.8, 4) is 0 Å². The lowest BCUT2D eigenvalue weighted by atomic mass is 9.79. The standard InChI is InChI=1S/C14H20.C13H27N5S/c1-11-6-8-13(9-7-11)14-5-3-4-12(2)10-14;1-6-7-13(15-14-3)18-9-8-12(11(2)10-18)16-19-17(4)5/h3-5,10-11,13H,6-9H2,1-2H3;6-7,11-12,14,16H,8-10H2,1-5H3/b;7-6-,15-13+. The van der Waals surface area contributed by atoms with Gasteiger partial charge in [-0.05, 0) is 76.6 Å². The Morgan fingerprint density at radius 1 is 1.15 bits per heavy atom. The Labute approximate surface area is 207 Å². The SMILES string of the molecule is C/C=C\C(=N/NC)N1CCC(NSN(C)C)C(C)C1.Cc1cccc(C2CCC(C)CC2)c1. The summed E-state index contributed by atoms with van der Waals surface area (Å²) in [5.41, 5.74) is 5.86. The first kappa shape index (κ1) is 27.7. The Morgan fingerprint density at radius 3 is 2.45 bits per heavy atom. The molecule has 1 aliphatic carbocycles. The summed E-state index contributed by atoms with van der Waals surface area (Å²) in [6, 6.07) is 9.61. The van der Waals surface area contributed by atoms with Gasteiger partial charge in [-0.2, -0.15) is 5.10 Å². The van der Waals surface area contributed by atoms with Gasteiger partial charge in [-0.3, -0.25) is 0 Å². The van der Waals surface area contributed by atoms with E-state index in [0.717, 1.165) is 37.2 Å². The summed E-state index contributed by atoms with van der Waals surface area (Å²) in [6.07, 6.45) is 10.9. The van der Waals surface area contributed by atoms with E-state index in [-0.39, 0.29) is 0 Å². The van der Waals surface area contributed by atoms with E-state index < -0.39 is 0 Å². The molecule has 2 atom stereocenters. The van der Waals surface area contributed by atoms with E-state index in [0.29, 0.717) is 12.0 Å². The lowest BCUT2D eigenvalue weighted by Gasteiger charge is -2.38. The van der Waals surface area contributed by atoms with Crippen molar-refractivity contribution in [3.63, 3.8) is 0 Å². The molecular formula is C27H47N5S. The van der Waals surface area contributed by atoms with Crippen molar-refractivity contribution in [1.82, 2.24) is 19.4 Å². The van der Waals surface area contributed by atoms with Gasteiger partial charge in [-0.15, -0.1) is 0 Å². The summed E-state index contributed by atoms with van der Waals surface area (Å²) in [4.78, 5) is 2.35. The quantitative estimate of drug-likeness (QED) is 0.236. The average Bonchev–Trinajstić information content (AvgIpc) is 2.79. The fraction of sp³-hybridized carbons (Fsp3) is 0.667. The van der Waals surface area contributed by atoms with E-state index in [9.17, 15) is 0 Å². The molecule has 33 heavy (non-hydrogen) atoms. The highest BCUT2D eigenvalue weighted by Crippen LogP contribution is 2.35. The van der Waals surface area contributed by atoms with Crippen molar-refractivity contribution in [1.29, 1.82) is 0 Å². The van der Waals surface area contributed by atoms with Gasteiger partial charge in [0.05, 0.1) is 0 Å². The first-order chi connectivity index (χ1) is 15.8. The second kappa shape index (κ2) is 14.7. The van der Waals surface area contributed by atoms with Crippen LogP contribution in [0.25, 0.3) is 0 Å². The summed E-state index contributed by atoms with van der Waals surface area (Å²) >= 11 is 1.68. The predicted octanol–water partition coefficient (Wildman–Crippen LogP) is 5.81. The zero-order chi connectivity index (χ0) is 24.2. The summed E-state index contributed by atoms with van der Waals surface area (Å²) < 4.78 is 5.63. The van der Waals surface area contributed by atoms with Gasteiger partial charge >= 0.3 is 0 Å². The van der Waals surface area contributed by atoms with Gasteiger partial charge in [-0.25, -0.2) is 9.03 Å². The molecule has 1 saturated carbocycles. The number of rotatable bonds is 6.